The summed E-state index contributed by atoms with van der Waals surface area (Å²) < 4.78 is 30.7. The summed E-state index contributed by atoms with van der Waals surface area (Å²) in [6.45, 7) is 6.23. The van der Waals surface area contributed by atoms with Crippen LogP contribution in [0.1, 0.15) is 44.6 Å². The molecule has 2 aromatic carbocycles. The number of hydrogen-bond donors (Lipinski definition) is 0. The second-order valence-electron chi connectivity index (χ2n) is 8.95. The van der Waals surface area contributed by atoms with Gasteiger partial charge in [0.15, 0.2) is 0 Å². The highest BCUT2D eigenvalue weighted by atomic mass is 32.2. The zero-order valence-electron chi connectivity index (χ0n) is 18.3. The standard InChI is InChI=1S/C25H30N2O2S2/c1-18-23-8-4-5-9-24(23)30-25(18)27(19(2)20-10-11-20)31(28,29)22-14-12-21(13-15-22)26-16-6-3-7-17-26/h4-5,8-9,12-15,19-20H,3,6-7,10-11,16-17H2,1-2H3. The number of piperidine rings is 1. The van der Waals surface area contributed by atoms with Crippen molar-refractivity contribution in [2.75, 3.05) is 22.3 Å². The van der Waals surface area contributed by atoms with E-state index in [4.69, 9.17) is 0 Å². The Morgan fingerprint density at radius 1 is 1.00 bits per heavy atom. The molecule has 0 spiro atoms. The minimum Gasteiger partial charge on any atom is -0.372 e. The molecule has 2 heterocycles. The van der Waals surface area contributed by atoms with Crippen LogP contribution >= 0.6 is 11.3 Å². The van der Waals surface area contributed by atoms with Crippen molar-refractivity contribution in [3.05, 3.63) is 54.1 Å². The average Bonchev–Trinajstić information content (AvgIpc) is 3.60. The molecule has 1 aliphatic heterocycles. The van der Waals surface area contributed by atoms with Crippen LogP contribution in [0.4, 0.5) is 10.7 Å². The zero-order chi connectivity index (χ0) is 21.6. The third-order valence-electron chi connectivity index (χ3n) is 6.81. The van der Waals surface area contributed by atoms with Crippen molar-refractivity contribution in [2.24, 2.45) is 5.92 Å². The molecule has 4 nitrogen and oxygen atoms in total. The number of aryl methyl sites for hydroxylation is 1. The van der Waals surface area contributed by atoms with Crippen LogP contribution in [-0.4, -0.2) is 27.5 Å². The van der Waals surface area contributed by atoms with Crippen LogP contribution in [0, 0.1) is 12.8 Å². The lowest BCUT2D eigenvalue weighted by molar-refractivity contribution is 0.566. The molecule has 1 aromatic heterocycles. The fraction of sp³-hybridized carbons (Fsp3) is 0.440. The Kier molecular flexibility index (Phi) is 5.47. The maximum absolute atomic E-state index is 13.9. The van der Waals surface area contributed by atoms with E-state index in [0.717, 1.165) is 52.3 Å². The van der Waals surface area contributed by atoms with Crippen molar-refractivity contribution in [1.82, 2.24) is 0 Å². The van der Waals surface area contributed by atoms with Crippen LogP contribution in [0.5, 0.6) is 0 Å². The van der Waals surface area contributed by atoms with Crippen molar-refractivity contribution in [3.63, 3.8) is 0 Å². The van der Waals surface area contributed by atoms with E-state index in [-0.39, 0.29) is 6.04 Å². The fourth-order valence-corrected chi connectivity index (χ4v) is 8.03. The van der Waals surface area contributed by atoms with Crippen molar-refractivity contribution in [2.45, 2.75) is 56.9 Å². The molecule has 1 saturated carbocycles. The van der Waals surface area contributed by atoms with Gasteiger partial charge in [-0.1, -0.05) is 18.2 Å². The minimum absolute atomic E-state index is 0.0430. The lowest BCUT2D eigenvalue weighted by Gasteiger charge is -2.31. The van der Waals surface area contributed by atoms with Gasteiger partial charge >= 0.3 is 0 Å². The number of sulfonamides is 1. The summed E-state index contributed by atoms with van der Waals surface area (Å²) in [5.74, 6) is 0.437. The molecular formula is C25H30N2O2S2. The minimum atomic E-state index is -3.65. The summed E-state index contributed by atoms with van der Waals surface area (Å²) in [6, 6.07) is 15.7. The van der Waals surface area contributed by atoms with Gasteiger partial charge in [-0.3, -0.25) is 4.31 Å². The number of hydrogen-bond acceptors (Lipinski definition) is 4. The van der Waals surface area contributed by atoms with Crippen molar-refractivity contribution in [3.8, 4) is 0 Å². The molecule has 2 fully saturated rings. The van der Waals surface area contributed by atoms with E-state index in [0.29, 0.717) is 10.8 Å². The fourth-order valence-electron chi connectivity index (χ4n) is 4.75. The molecular weight excluding hydrogens is 424 g/mol. The van der Waals surface area contributed by atoms with E-state index in [1.807, 2.05) is 24.3 Å². The molecule has 2 aliphatic rings. The molecule has 164 valence electrons. The van der Waals surface area contributed by atoms with Crippen LogP contribution in [0.25, 0.3) is 10.1 Å². The zero-order valence-corrected chi connectivity index (χ0v) is 19.9. The van der Waals surface area contributed by atoms with Crippen molar-refractivity contribution in [1.29, 1.82) is 0 Å². The molecule has 1 saturated heterocycles. The highest BCUT2D eigenvalue weighted by molar-refractivity contribution is 7.93. The Labute approximate surface area is 189 Å². The first-order valence-corrected chi connectivity index (χ1v) is 13.6. The van der Waals surface area contributed by atoms with E-state index < -0.39 is 10.0 Å². The SMILES string of the molecule is Cc1c(N(C(C)C2CC2)S(=O)(=O)c2ccc(N3CCCCC3)cc2)sc2ccccc12. The Bertz CT molecular complexity index is 1170. The molecule has 0 N–H and O–H groups in total. The second kappa shape index (κ2) is 8.14. The summed E-state index contributed by atoms with van der Waals surface area (Å²) in [4.78, 5) is 2.75. The number of thiophene rings is 1. The van der Waals surface area contributed by atoms with Gasteiger partial charge in [0, 0.05) is 29.5 Å². The largest absolute Gasteiger partial charge is 0.372 e. The maximum Gasteiger partial charge on any atom is 0.265 e. The van der Waals surface area contributed by atoms with E-state index >= 15 is 0 Å². The van der Waals surface area contributed by atoms with Crippen LogP contribution in [-0.2, 0) is 10.0 Å². The van der Waals surface area contributed by atoms with Gasteiger partial charge in [0.1, 0.15) is 5.00 Å². The van der Waals surface area contributed by atoms with Gasteiger partial charge in [0.05, 0.1) is 4.90 Å². The lowest BCUT2D eigenvalue weighted by atomic mass is 10.1. The average molecular weight is 455 g/mol. The first-order valence-electron chi connectivity index (χ1n) is 11.3. The molecule has 6 heteroatoms. The predicted molar refractivity (Wildman–Crippen MR) is 131 cm³/mol. The van der Waals surface area contributed by atoms with Crippen LogP contribution in [0.15, 0.2) is 53.4 Å². The highest BCUT2D eigenvalue weighted by Gasteiger charge is 2.40. The topological polar surface area (TPSA) is 40.6 Å². The van der Waals surface area contributed by atoms with Gasteiger partial charge in [0.25, 0.3) is 10.0 Å². The molecule has 3 aromatic rings. The number of fused-ring (bicyclic) bond motifs is 1. The van der Waals surface area contributed by atoms with Gasteiger partial charge in [-0.25, -0.2) is 8.42 Å². The monoisotopic (exact) mass is 454 g/mol. The van der Waals surface area contributed by atoms with Gasteiger partial charge in [0.2, 0.25) is 0 Å². The first kappa shape index (κ1) is 20.8. The van der Waals surface area contributed by atoms with Crippen LogP contribution < -0.4 is 9.21 Å². The van der Waals surface area contributed by atoms with Crippen molar-refractivity contribution < 1.29 is 8.42 Å². The summed E-state index contributed by atoms with van der Waals surface area (Å²) in [7, 11) is -3.65. The normalized spacial score (nSPS) is 18.3. The summed E-state index contributed by atoms with van der Waals surface area (Å²) in [6.07, 6.45) is 5.90. The molecule has 31 heavy (non-hydrogen) atoms. The summed E-state index contributed by atoms with van der Waals surface area (Å²) in [5, 5.41) is 2.01. The number of benzene rings is 2. The van der Waals surface area contributed by atoms with Gasteiger partial charge in [-0.2, -0.15) is 0 Å². The second-order valence-corrected chi connectivity index (χ2v) is 11.8. The Morgan fingerprint density at radius 3 is 2.32 bits per heavy atom. The molecule has 5 rings (SSSR count). The molecule has 1 aliphatic carbocycles. The molecule has 0 radical (unpaired) electrons. The van der Waals surface area contributed by atoms with Crippen LogP contribution in [0.3, 0.4) is 0 Å². The van der Waals surface area contributed by atoms with Gasteiger partial charge < -0.3 is 4.90 Å². The molecule has 1 unspecified atom stereocenters. The maximum atomic E-state index is 13.9. The number of nitrogens with zero attached hydrogens (tertiary/aromatic N) is 2. The molecule has 0 amide bonds. The van der Waals surface area contributed by atoms with Gasteiger partial charge in [-0.15, -0.1) is 11.3 Å². The predicted octanol–water partition coefficient (Wildman–Crippen LogP) is 6.19. The van der Waals surface area contributed by atoms with Gasteiger partial charge in [-0.05, 0) is 93.2 Å². The summed E-state index contributed by atoms with van der Waals surface area (Å²) in [5.41, 5.74) is 2.18. The lowest BCUT2D eigenvalue weighted by Crippen LogP contribution is -2.40. The highest BCUT2D eigenvalue weighted by Crippen LogP contribution is 2.45. The summed E-state index contributed by atoms with van der Waals surface area (Å²) >= 11 is 1.59. The number of rotatable bonds is 6. The Balaban J connectivity index is 1.54. The first-order chi connectivity index (χ1) is 15.0. The third kappa shape index (κ3) is 3.85. The number of anilines is 2. The van der Waals surface area contributed by atoms with E-state index in [1.54, 1.807) is 27.8 Å². The quantitative estimate of drug-likeness (QED) is 0.446. The molecule has 0 bridgehead atoms. The Morgan fingerprint density at radius 2 is 1.68 bits per heavy atom. The Hall–Kier alpha value is -2.05. The smallest absolute Gasteiger partial charge is 0.265 e. The van der Waals surface area contributed by atoms with Crippen LogP contribution in [0.2, 0.25) is 0 Å². The van der Waals surface area contributed by atoms with Crippen molar-refractivity contribution >= 4 is 42.1 Å². The van der Waals surface area contributed by atoms with E-state index in [2.05, 4.69) is 30.9 Å². The molecule has 1 atom stereocenters. The van der Waals surface area contributed by atoms with E-state index in [9.17, 15) is 8.42 Å². The van der Waals surface area contributed by atoms with E-state index in [1.165, 1.54) is 19.3 Å². The third-order valence-corrected chi connectivity index (χ3v) is 10.1.